The molecule has 0 aromatic carbocycles. The number of likely N-dealkylation sites (tertiary alicyclic amines) is 1. The van der Waals surface area contributed by atoms with E-state index in [-0.39, 0.29) is 12.3 Å². The van der Waals surface area contributed by atoms with Crippen molar-refractivity contribution < 1.29 is 14.6 Å². The van der Waals surface area contributed by atoms with Crippen LogP contribution in [0.3, 0.4) is 0 Å². The van der Waals surface area contributed by atoms with Crippen LogP contribution in [-0.2, 0) is 9.53 Å². The maximum atomic E-state index is 11.8. The smallest absolute Gasteiger partial charge is 0.224 e. The van der Waals surface area contributed by atoms with Gasteiger partial charge in [0.25, 0.3) is 0 Å². The Morgan fingerprint density at radius 1 is 1.42 bits per heavy atom. The van der Waals surface area contributed by atoms with Crippen molar-refractivity contribution in [3.63, 3.8) is 0 Å². The van der Waals surface area contributed by atoms with E-state index in [2.05, 4.69) is 4.90 Å². The van der Waals surface area contributed by atoms with Crippen LogP contribution >= 0.6 is 0 Å². The third-order valence-electron chi connectivity index (χ3n) is 4.27. The summed E-state index contributed by atoms with van der Waals surface area (Å²) in [5, 5.41) is 10.7. The second-order valence-electron chi connectivity index (χ2n) is 6.11. The van der Waals surface area contributed by atoms with E-state index < -0.39 is 5.60 Å². The average Bonchev–Trinajstić information content (AvgIpc) is 2.39. The van der Waals surface area contributed by atoms with E-state index in [1.165, 1.54) is 0 Å². The van der Waals surface area contributed by atoms with Crippen LogP contribution < -0.4 is 0 Å². The van der Waals surface area contributed by atoms with Crippen LogP contribution in [-0.4, -0.2) is 72.9 Å². The molecule has 5 heteroatoms. The van der Waals surface area contributed by atoms with Crippen LogP contribution in [0.4, 0.5) is 0 Å². The second kappa shape index (κ2) is 6.20. The zero-order valence-corrected chi connectivity index (χ0v) is 12.1. The average molecular weight is 270 g/mol. The van der Waals surface area contributed by atoms with Crippen LogP contribution in [0.15, 0.2) is 0 Å². The number of carbonyl (C=O) groups excluding carboxylic acids is 1. The van der Waals surface area contributed by atoms with Crippen LogP contribution in [0, 0.1) is 0 Å². The first-order chi connectivity index (χ1) is 9.00. The lowest BCUT2D eigenvalue weighted by Gasteiger charge is -2.44. The Kier molecular flexibility index (Phi) is 4.81. The number of hydrogen-bond acceptors (Lipinski definition) is 4. The van der Waals surface area contributed by atoms with E-state index in [1.807, 2.05) is 0 Å². The fraction of sp³-hybridized carbons (Fsp3) is 0.929. The number of carbonyl (C=O) groups is 1. The molecule has 110 valence electrons. The van der Waals surface area contributed by atoms with Crippen molar-refractivity contribution in [3.8, 4) is 0 Å². The van der Waals surface area contributed by atoms with Gasteiger partial charge < -0.3 is 14.7 Å². The van der Waals surface area contributed by atoms with Gasteiger partial charge in [-0.05, 0) is 32.2 Å². The van der Waals surface area contributed by atoms with Crippen LogP contribution in [0.2, 0.25) is 0 Å². The summed E-state index contributed by atoms with van der Waals surface area (Å²) < 4.78 is 5.39. The highest BCUT2D eigenvalue weighted by molar-refractivity contribution is 5.76. The highest BCUT2D eigenvalue weighted by Crippen LogP contribution is 2.28. The quantitative estimate of drug-likeness (QED) is 0.810. The molecular formula is C14H26N2O3. The number of rotatable bonds is 3. The Hall–Kier alpha value is -0.650. The van der Waals surface area contributed by atoms with Gasteiger partial charge in [-0.3, -0.25) is 9.69 Å². The van der Waals surface area contributed by atoms with Gasteiger partial charge in [0, 0.05) is 39.9 Å². The van der Waals surface area contributed by atoms with Crippen LogP contribution in [0.25, 0.3) is 0 Å². The number of amides is 1. The Morgan fingerprint density at radius 3 is 2.74 bits per heavy atom. The molecule has 5 nitrogen and oxygen atoms in total. The van der Waals surface area contributed by atoms with Gasteiger partial charge in [-0.25, -0.2) is 0 Å². The first-order valence-corrected chi connectivity index (χ1v) is 7.24. The lowest BCUT2D eigenvalue weighted by Crippen LogP contribution is -2.54. The van der Waals surface area contributed by atoms with Crippen molar-refractivity contribution in [3.05, 3.63) is 0 Å². The number of β-amino-alcohol motifs (C(OH)–C–C–N with tert-alkyl or cyclic N) is 1. The normalized spacial score (nSPS) is 30.3. The van der Waals surface area contributed by atoms with E-state index in [1.54, 1.807) is 19.0 Å². The minimum Gasteiger partial charge on any atom is -0.388 e. The van der Waals surface area contributed by atoms with E-state index in [0.717, 1.165) is 45.4 Å². The van der Waals surface area contributed by atoms with Crippen molar-refractivity contribution in [2.75, 3.05) is 40.4 Å². The zero-order valence-electron chi connectivity index (χ0n) is 12.1. The Morgan fingerprint density at radius 2 is 2.11 bits per heavy atom. The molecule has 0 radical (unpaired) electrons. The molecule has 2 aliphatic rings. The molecule has 1 N–H and O–H groups in total. The third kappa shape index (κ3) is 3.91. The van der Waals surface area contributed by atoms with Gasteiger partial charge in [-0.2, -0.15) is 0 Å². The number of ether oxygens (including phenoxy) is 1. The lowest BCUT2D eigenvalue weighted by molar-refractivity contribution is -0.137. The molecule has 0 aromatic heterocycles. The molecule has 1 amide bonds. The first-order valence-electron chi connectivity index (χ1n) is 7.24. The maximum Gasteiger partial charge on any atom is 0.224 e. The Labute approximate surface area is 115 Å². The molecule has 0 bridgehead atoms. The van der Waals surface area contributed by atoms with Crippen molar-refractivity contribution in [2.45, 2.75) is 43.7 Å². The monoisotopic (exact) mass is 270 g/mol. The predicted molar refractivity (Wildman–Crippen MR) is 72.9 cm³/mol. The van der Waals surface area contributed by atoms with Gasteiger partial charge in [-0.15, -0.1) is 0 Å². The molecule has 2 aliphatic heterocycles. The van der Waals surface area contributed by atoms with E-state index >= 15 is 0 Å². The summed E-state index contributed by atoms with van der Waals surface area (Å²) in [6, 6.07) is 0.509. The van der Waals surface area contributed by atoms with Gasteiger partial charge in [0.1, 0.15) is 0 Å². The SMILES string of the molecule is CN(C)C(=O)CC1(O)CCCN(C2CCOCC2)C1. The molecule has 0 spiro atoms. The molecule has 1 unspecified atom stereocenters. The van der Waals surface area contributed by atoms with Gasteiger partial charge in [0.05, 0.1) is 12.0 Å². The molecule has 19 heavy (non-hydrogen) atoms. The molecule has 0 aliphatic carbocycles. The zero-order chi connectivity index (χ0) is 13.9. The molecule has 2 saturated heterocycles. The molecule has 1 atom stereocenters. The first kappa shape index (κ1) is 14.8. The Balaban J connectivity index is 1.93. The summed E-state index contributed by atoms with van der Waals surface area (Å²) >= 11 is 0. The predicted octanol–water partition coefficient (Wildman–Crippen LogP) is 0.471. The second-order valence-corrected chi connectivity index (χ2v) is 6.11. The summed E-state index contributed by atoms with van der Waals surface area (Å²) in [6.07, 6.45) is 4.01. The van der Waals surface area contributed by atoms with Crippen molar-refractivity contribution >= 4 is 5.91 Å². The molecule has 2 fully saturated rings. The fourth-order valence-electron chi connectivity index (χ4n) is 3.09. The highest BCUT2D eigenvalue weighted by atomic mass is 16.5. The molecule has 2 heterocycles. The summed E-state index contributed by atoms with van der Waals surface area (Å²) in [5.74, 6) is 0.0105. The number of hydrogen-bond donors (Lipinski definition) is 1. The van der Waals surface area contributed by atoms with Gasteiger partial charge in [0.2, 0.25) is 5.91 Å². The molecule has 0 aromatic rings. The lowest BCUT2D eigenvalue weighted by atomic mass is 9.87. The fourth-order valence-corrected chi connectivity index (χ4v) is 3.09. The van der Waals surface area contributed by atoms with E-state index in [4.69, 9.17) is 4.74 Å². The molecule has 0 saturated carbocycles. The van der Waals surface area contributed by atoms with E-state index in [9.17, 15) is 9.90 Å². The van der Waals surface area contributed by atoms with Crippen molar-refractivity contribution in [1.82, 2.24) is 9.80 Å². The van der Waals surface area contributed by atoms with Crippen molar-refractivity contribution in [2.24, 2.45) is 0 Å². The standard InChI is InChI=1S/C14H26N2O3/c1-15(2)13(17)10-14(18)6-3-7-16(11-14)12-4-8-19-9-5-12/h12,18H,3-11H2,1-2H3. The summed E-state index contributed by atoms with van der Waals surface area (Å²) in [6.45, 7) is 3.28. The summed E-state index contributed by atoms with van der Waals surface area (Å²) in [7, 11) is 3.48. The number of nitrogens with zero attached hydrogens (tertiary/aromatic N) is 2. The number of piperidine rings is 1. The molecular weight excluding hydrogens is 244 g/mol. The summed E-state index contributed by atoms with van der Waals surface area (Å²) in [4.78, 5) is 15.7. The summed E-state index contributed by atoms with van der Waals surface area (Å²) in [5.41, 5.74) is -0.849. The van der Waals surface area contributed by atoms with Crippen molar-refractivity contribution in [1.29, 1.82) is 0 Å². The minimum atomic E-state index is -0.849. The van der Waals surface area contributed by atoms with Gasteiger partial charge >= 0.3 is 0 Å². The van der Waals surface area contributed by atoms with Crippen LogP contribution in [0.5, 0.6) is 0 Å². The highest BCUT2D eigenvalue weighted by Gasteiger charge is 2.38. The maximum absolute atomic E-state index is 11.8. The largest absolute Gasteiger partial charge is 0.388 e. The minimum absolute atomic E-state index is 0.0105. The third-order valence-corrected chi connectivity index (χ3v) is 4.27. The van der Waals surface area contributed by atoms with Gasteiger partial charge in [0.15, 0.2) is 0 Å². The number of aliphatic hydroxyl groups is 1. The molecule has 2 rings (SSSR count). The Bertz CT molecular complexity index is 316. The van der Waals surface area contributed by atoms with E-state index in [0.29, 0.717) is 12.6 Å². The topological polar surface area (TPSA) is 53.0 Å². The van der Waals surface area contributed by atoms with Crippen LogP contribution in [0.1, 0.15) is 32.1 Å². The van der Waals surface area contributed by atoms with Gasteiger partial charge in [-0.1, -0.05) is 0 Å².